The predicted octanol–water partition coefficient (Wildman–Crippen LogP) is 3.98. The summed E-state index contributed by atoms with van der Waals surface area (Å²) in [6.45, 7) is 5.51. The molecule has 1 aromatic carbocycles. The molecule has 1 aliphatic rings. The third-order valence-corrected chi connectivity index (χ3v) is 4.03. The largest absolute Gasteiger partial charge is 0.508 e. The maximum atomic E-state index is 9.94. The minimum Gasteiger partial charge on any atom is -0.508 e. The monoisotopic (exact) mass is 253 g/mol. The summed E-state index contributed by atoms with van der Waals surface area (Å²) in [5.41, 5.74) is 0.936. The van der Waals surface area contributed by atoms with Crippen LogP contribution in [0.25, 0.3) is 0 Å². The second kappa shape index (κ2) is 5.28. The van der Waals surface area contributed by atoms with Crippen LogP contribution in [0.2, 0.25) is 5.02 Å². The third kappa shape index (κ3) is 2.75. The summed E-state index contributed by atoms with van der Waals surface area (Å²) in [6.07, 6.45) is 3.80. The molecule has 2 nitrogen and oxygen atoms in total. The Balaban J connectivity index is 2.23. The Hall–Kier alpha value is -0.730. The van der Waals surface area contributed by atoms with Crippen molar-refractivity contribution in [3.8, 4) is 5.75 Å². The van der Waals surface area contributed by atoms with Gasteiger partial charge in [0, 0.05) is 22.7 Å². The zero-order valence-electron chi connectivity index (χ0n) is 10.5. The Morgan fingerprint density at radius 3 is 2.88 bits per heavy atom. The average Bonchev–Trinajstić information content (AvgIpc) is 2.32. The molecule has 94 valence electrons. The number of hydrogen-bond acceptors (Lipinski definition) is 2. The summed E-state index contributed by atoms with van der Waals surface area (Å²) in [5.74, 6) is 0.347. The summed E-state index contributed by atoms with van der Waals surface area (Å²) in [7, 11) is 0. The van der Waals surface area contributed by atoms with Gasteiger partial charge in [-0.2, -0.15) is 0 Å². The molecule has 2 unspecified atom stereocenters. The average molecular weight is 254 g/mol. The van der Waals surface area contributed by atoms with Crippen molar-refractivity contribution in [3.63, 3.8) is 0 Å². The normalized spacial score (nSPS) is 23.6. The molecule has 2 rings (SSSR count). The van der Waals surface area contributed by atoms with E-state index in [4.69, 9.17) is 11.6 Å². The van der Waals surface area contributed by atoms with Gasteiger partial charge in [0.2, 0.25) is 0 Å². The second-order valence-corrected chi connectivity index (χ2v) is 5.40. The van der Waals surface area contributed by atoms with Crippen LogP contribution in [0.5, 0.6) is 5.75 Å². The maximum Gasteiger partial charge on any atom is 0.120 e. The van der Waals surface area contributed by atoms with Gasteiger partial charge in [-0.25, -0.2) is 0 Å². The minimum atomic E-state index is 0.226. The Morgan fingerprint density at radius 2 is 2.18 bits per heavy atom. The Labute approximate surface area is 108 Å². The van der Waals surface area contributed by atoms with Crippen molar-refractivity contribution >= 4 is 11.6 Å². The van der Waals surface area contributed by atoms with Crippen molar-refractivity contribution in [2.24, 2.45) is 0 Å². The molecule has 1 N–H and O–H groups in total. The van der Waals surface area contributed by atoms with E-state index >= 15 is 0 Å². The minimum absolute atomic E-state index is 0.226. The number of phenolic OH excluding ortho intramolecular Hbond substituents is 1. The van der Waals surface area contributed by atoms with Crippen LogP contribution in [0.3, 0.4) is 0 Å². The zero-order valence-corrected chi connectivity index (χ0v) is 11.2. The van der Waals surface area contributed by atoms with Gasteiger partial charge in [-0.15, -0.1) is 0 Å². The summed E-state index contributed by atoms with van der Waals surface area (Å²) in [4.78, 5) is 2.45. The smallest absolute Gasteiger partial charge is 0.120 e. The molecule has 1 aliphatic heterocycles. The lowest BCUT2D eigenvalue weighted by Gasteiger charge is -2.38. The first-order valence-corrected chi connectivity index (χ1v) is 6.71. The highest BCUT2D eigenvalue weighted by Crippen LogP contribution is 2.34. The molecule has 1 fully saturated rings. The van der Waals surface area contributed by atoms with E-state index in [0.29, 0.717) is 16.8 Å². The molecule has 0 amide bonds. The third-order valence-electron chi connectivity index (χ3n) is 3.79. The number of halogens is 1. The lowest BCUT2D eigenvalue weighted by molar-refractivity contribution is 0.113. The first-order chi connectivity index (χ1) is 8.09. The van der Waals surface area contributed by atoms with E-state index in [1.807, 2.05) is 6.07 Å². The number of likely N-dealkylation sites (tertiary alicyclic amines) is 1. The van der Waals surface area contributed by atoms with Crippen LogP contribution < -0.4 is 0 Å². The lowest BCUT2D eigenvalue weighted by Crippen LogP contribution is -2.39. The summed E-state index contributed by atoms with van der Waals surface area (Å²) < 4.78 is 0. The van der Waals surface area contributed by atoms with Gasteiger partial charge in [0.25, 0.3) is 0 Å². The molecule has 0 radical (unpaired) electrons. The standard InChI is InChI=1S/C14H20ClNO/c1-10-5-3-4-8-16(10)11(2)13-9-12(15)6-7-14(13)17/h6-7,9-11,17H,3-5,8H2,1-2H3. The molecule has 3 heteroatoms. The second-order valence-electron chi connectivity index (χ2n) is 4.96. The van der Waals surface area contributed by atoms with Crippen LogP contribution in [0.1, 0.15) is 44.7 Å². The van der Waals surface area contributed by atoms with Crippen molar-refractivity contribution in [1.82, 2.24) is 4.90 Å². The summed E-state index contributed by atoms with van der Waals surface area (Å²) in [6, 6.07) is 6.10. The van der Waals surface area contributed by atoms with E-state index in [1.54, 1.807) is 12.1 Å². The number of nitrogens with zero attached hydrogens (tertiary/aromatic N) is 1. The van der Waals surface area contributed by atoms with Gasteiger partial charge in [0.1, 0.15) is 5.75 Å². The molecule has 17 heavy (non-hydrogen) atoms. The van der Waals surface area contributed by atoms with E-state index < -0.39 is 0 Å². The van der Waals surface area contributed by atoms with Gasteiger partial charge in [-0.1, -0.05) is 18.0 Å². The fourth-order valence-electron chi connectivity index (χ4n) is 2.73. The number of aromatic hydroxyl groups is 1. The van der Waals surface area contributed by atoms with Gasteiger partial charge >= 0.3 is 0 Å². The van der Waals surface area contributed by atoms with Gasteiger partial charge in [-0.05, 0) is 51.4 Å². The van der Waals surface area contributed by atoms with Crippen molar-refractivity contribution in [2.45, 2.75) is 45.2 Å². The first-order valence-electron chi connectivity index (χ1n) is 6.33. The SMILES string of the molecule is CC1CCCCN1C(C)c1cc(Cl)ccc1O. The van der Waals surface area contributed by atoms with Crippen LogP contribution >= 0.6 is 11.6 Å². The fourth-order valence-corrected chi connectivity index (χ4v) is 2.91. The molecule has 1 saturated heterocycles. The van der Waals surface area contributed by atoms with Crippen LogP contribution in [0.15, 0.2) is 18.2 Å². The van der Waals surface area contributed by atoms with Crippen LogP contribution in [-0.4, -0.2) is 22.6 Å². The van der Waals surface area contributed by atoms with Crippen molar-refractivity contribution in [2.75, 3.05) is 6.54 Å². The molecule has 0 aromatic heterocycles. The molecule has 0 spiro atoms. The molecular weight excluding hydrogens is 234 g/mol. The number of hydrogen-bond donors (Lipinski definition) is 1. The van der Waals surface area contributed by atoms with Crippen LogP contribution in [-0.2, 0) is 0 Å². The van der Waals surface area contributed by atoms with Crippen molar-refractivity contribution < 1.29 is 5.11 Å². The number of benzene rings is 1. The Morgan fingerprint density at radius 1 is 1.41 bits per heavy atom. The quantitative estimate of drug-likeness (QED) is 0.862. The first kappa shape index (κ1) is 12.7. The Kier molecular flexibility index (Phi) is 3.95. The summed E-state index contributed by atoms with van der Waals surface area (Å²) in [5, 5.41) is 10.6. The predicted molar refractivity (Wildman–Crippen MR) is 71.6 cm³/mol. The van der Waals surface area contributed by atoms with Crippen LogP contribution in [0.4, 0.5) is 0 Å². The van der Waals surface area contributed by atoms with Crippen LogP contribution in [0, 0.1) is 0 Å². The van der Waals surface area contributed by atoms with Crippen molar-refractivity contribution in [3.05, 3.63) is 28.8 Å². The molecule has 1 heterocycles. The van der Waals surface area contributed by atoms with Crippen molar-refractivity contribution in [1.29, 1.82) is 0 Å². The Bertz CT molecular complexity index is 394. The molecule has 0 bridgehead atoms. The zero-order chi connectivity index (χ0) is 12.4. The van der Waals surface area contributed by atoms with Gasteiger partial charge in [-0.3, -0.25) is 4.90 Å². The van der Waals surface area contributed by atoms with Gasteiger partial charge in [0.05, 0.1) is 0 Å². The van der Waals surface area contributed by atoms with E-state index in [-0.39, 0.29) is 6.04 Å². The van der Waals surface area contributed by atoms with E-state index in [9.17, 15) is 5.11 Å². The van der Waals surface area contributed by atoms with E-state index in [2.05, 4.69) is 18.7 Å². The highest BCUT2D eigenvalue weighted by atomic mass is 35.5. The fraction of sp³-hybridized carbons (Fsp3) is 0.571. The number of phenols is 1. The topological polar surface area (TPSA) is 23.5 Å². The van der Waals surface area contributed by atoms with E-state index in [0.717, 1.165) is 12.1 Å². The number of rotatable bonds is 2. The summed E-state index contributed by atoms with van der Waals surface area (Å²) >= 11 is 6.01. The maximum absolute atomic E-state index is 9.94. The van der Waals surface area contributed by atoms with Gasteiger partial charge < -0.3 is 5.11 Å². The highest BCUT2D eigenvalue weighted by molar-refractivity contribution is 6.30. The molecule has 0 saturated carbocycles. The molecular formula is C14H20ClNO. The lowest BCUT2D eigenvalue weighted by atomic mass is 9.98. The number of piperidine rings is 1. The molecule has 0 aliphatic carbocycles. The van der Waals surface area contributed by atoms with E-state index in [1.165, 1.54) is 19.3 Å². The highest BCUT2D eigenvalue weighted by Gasteiger charge is 2.25. The molecule has 2 atom stereocenters. The van der Waals surface area contributed by atoms with Gasteiger partial charge in [0.15, 0.2) is 0 Å². The molecule has 1 aromatic rings.